The lowest BCUT2D eigenvalue weighted by Gasteiger charge is -2.10. The summed E-state index contributed by atoms with van der Waals surface area (Å²) in [6.07, 6.45) is -16.3. The number of nitrogens with zero attached hydrogens (tertiary/aromatic N) is 9. The Morgan fingerprint density at radius 3 is 1.25 bits per heavy atom. The highest BCUT2D eigenvalue weighted by molar-refractivity contribution is 9.09. The molecule has 0 spiro atoms. The number of rotatable bonds is 13. The number of aromatic amines is 1. The number of nitrogens with one attached hydrogen (secondary N) is 1. The van der Waals surface area contributed by atoms with Crippen molar-refractivity contribution in [3.63, 3.8) is 0 Å². The van der Waals surface area contributed by atoms with E-state index in [2.05, 4.69) is 56.6 Å². The van der Waals surface area contributed by atoms with Gasteiger partial charge in [0.1, 0.15) is 11.8 Å². The number of nitrogens with two attached hydrogens (primary N) is 1. The lowest BCUT2D eigenvalue weighted by molar-refractivity contribution is -0.138. The summed E-state index contributed by atoms with van der Waals surface area (Å²) in [6, 6.07) is 42.8. The second-order valence-electron chi connectivity index (χ2n) is 19.3. The standard InChI is InChI=1S/C17H14ClF3N4O.C15H10ClF3N4.C15H9ClF3N.C7H5BF3O2.C7H5ClN2.C2H5BrO/c18-14-5-6-15(16-22-24-25(23-16)7-8-26)12(10-14)9-11-1-3-13(4-2-11)17(19,20)21;16-12-5-6-13(14-20-22-23-21-14)10(8-12)7-9-1-3-11(4-2-9)15(17,18)19;16-14-6-3-11(9-20)12(8-14)7-10-1-4-13(5-2-10)15(17,18)19;9-7(10,11)5-1-3-6(4-2-5)13-8-12;8-6-2-1-5(4-9)7(10)3-6;3-1-2-4/h1-6,10,26H,7-9H2;1-6,8H,7H2,(H,20,21,22,23);1-6,8H,7H2;1-4,12H;1-3H,10H2;4H,1-2H2. The number of aromatic nitrogens is 8. The summed E-state index contributed by atoms with van der Waals surface area (Å²) >= 11 is 26.5. The van der Waals surface area contributed by atoms with Gasteiger partial charge in [0.25, 0.3) is 0 Å². The fourth-order valence-electron chi connectivity index (χ4n) is 8.00. The van der Waals surface area contributed by atoms with Crippen LogP contribution in [0.3, 0.4) is 0 Å². The molecule has 10 aromatic rings. The lowest BCUT2D eigenvalue weighted by atomic mass is 9.98. The molecule has 1 radical (unpaired) electrons. The molecule has 0 saturated carbocycles. The molecule has 10 rings (SSSR count). The van der Waals surface area contributed by atoms with Crippen LogP contribution in [0.15, 0.2) is 170 Å². The summed E-state index contributed by atoms with van der Waals surface area (Å²) in [5, 5.41) is 70.9. The van der Waals surface area contributed by atoms with Crippen LogP contribution in [-0.4, -0.2) is 82.3 Å². The summed E-state index contributed by atoms with van der Waals surface area (Å²) < 4.78 is 154. The lowest BCUT2D eigenvalue weighted by Crippen LogP contribution is -2.06. The minimum atomic E-state index is -4.37. The van der Waals surface area contributed by atoms with E-state index in [1.807, 2.05) is 12.1 Å². The van der Waals surface area contributed by atoms with Crippen molar-refractivity contribution >= 4 is 75.7 Å². The molecule has 0 aliphatic heterocycles. The van der Waals surface area contributed by atoms with Crippen LogP contribution in [0.25, 0.3) is 22.8 Å². The second-order valence-corrected chi connectivity index (χ2v) is 21.8. The van der Waals surface area contributed by atoms with Crippen LogP contribution in [0.5, 0.6) is 5.75 Å². The first kappa shape index (κ1) is 77.9. The van der Waals surface area contributed by atoms with E-state index in [1.165, 1.54) is 41.2 Å². The monoisotopic (exact) mass is 1480 g/mol. The Bertz CT molecular complexity index is 4140. The van der Waals surface area contributed by atoms with Crippen LogP contribution < -0.4 is 10.4 Å². The number of halogens is 17. The van der Waals surface area contributed by atoms with Crippen LogP contribution in [0.2, 0.25) is 20.1 Å². The quantitative estimate of drug-likeness (QED) is 0.0313. The molecule has 0 fully saturated rings. The number of nitrogen functional groups attached to an aromatic ring is 1. The summed E-state index contributed by atoms with van der Waals surface area (Å²) in [5.41, 5.74) is 9.76. The van der Waals surface area contributed by atoms with Gasteiger partial charge in [-0.2, -0.15) is 73.2 Å². The average molecular weight is 1480 g/mol. The molecule has 2 aromatic heterocycles. The Labute approximate surface area is 568 Å². The van der Waals surface area contributed by atoms with Crippen molar-refractivity contribution in [3.05, 3.63) is 257 Å². The third kappa shape index (κ3) is 25.4. The molecule has 6 N–H and O–H groups in total. The van der Waals surface area contributed by atoms with Gasteiger partial charge in [-0.25, -0.2) is 0 Å². The average Bonchev–Trinajstić information content (AvgIpc) is 2.25. The number of hydrogen-bond acceptors (Lipinski definition) is 13. The summed E-state index contributed by atoms with van der Waals surface area (Å²) in [5.74, 6) is 0.913. The Morgan fingerprint density at radius 1 is 0.510 bits per heavy atom. The molecule has 0 saturated heterocycles. The minimum absolute atomic E-state index is 0.116. The number of H-pyrrole nitrogens is 1. The number of tetrazole rings is 2. The Hall–Kier alpha value is -8.78. The van der Waals surface area contributed by atoms with Crippen molar-refractivity contribution in [2.75, 3.05) is 24.3 Å². The van der Waals surface area contributed by atoms with Crippen LogP contribution >= 0.6 is 62.3 Å². The molecule has 0 bridgehead atoms. The van der Waals surface area contributed by atoms with E-state index in [0.717, 1.165) is 82.9 Å². The smallest absolute Gasteiger partial charge is 0.537 e. The maximum atomic E-state index is 12.7. The molecule has 33 heteroatoms. The zero-order valence-corrected chi connectivity index (χ0v) is 53.6. The second kappa shape index (κ2) is 36.9. The van der Waals surface area contributed by atoms with Crippen molar-refractivity contribution in [3.8, 4) is 40.7 Å². The highest BCUT2D eigenvalue weighted by Crippen LogP contribution is 2.35. The molecule has 0 amide bonds. The number of hydrogen-bond donors (Lipinski definition) is 5. The van der Waals surface area contributed by atoms with E-state index < -0.39 is 47.0 Å². The van der Waals surface area contributed by atoms with Crippen molar-refractivity contribution in [2.24, 2.45) is 0 Å². The van der Waals surface area contributed by atoms with Crippen molar-refractivity contribution in [1.29, 1.82) is 10.5 Å². The number of benzene rings is 8. The molecule has 8 aromatic carbocycles. The van der Waals surface area contributed by atoms with Gasteiger partial charge in [0.15, 0.2) is 0 Å². The third-order valence-electron chi connectivity index (χ3n) is 12.5. The Balaban J connectivity index is 0.000000221. The molecule has 0 aliphatic carbocycles. The third-order valence-corrected chi connectivity index (χ3v) is 13.8. The van der Waals surface area contributed by atoms with Gasteiger partial charge in [0.05, 0.1) is 64.9 Å². The first-order valence-electron chi connectivity index (χ1n) is 27.2. The van der Waals surface area contributed by atoms with Gasteiger partial charge in [-0.15, -0.1) is 20.4 Å². The molecule has 0 unspecified atom stereocenters. The molecule has 15 nitrogen and oxygen atoms in total. The molecular formula is C63H48BBrCl4F12N11O4. The minimum Gasteiger partial charge on any atom is -0.537 e. The number of anilines is 1. The number of aliphatic hydroxyl groups excluding tert-OH is 2. The van der Waals surface area contributed by atoms with Gasteiger partial charge in [-0.1, -0.05) is 98.7 Å². The molecule has 2 heterocycles. The summed E-state index contributed by atoms with van der Waals surface area (Å²) in [6.45, 7) is 0.337. The predicted octanol–water partition coefficient (Wildman–Crippen LogP) is 16.3. The molecule has 501 valence electrons. The Morgan fingerprint density at radius 2 is 0.885 bits per heavy atom. The zero-order chi connectivity index (χ0) is 70.8. The van der Waals surface area contributed by atoms with Gasteiger partial charge in [0.2, 0.25) is 11.6 Å². The number of nitriles is 2. The number of alkyl halides is 13. The van der Waals surface area contributed by atoms with Crippen LogP contribution in [0, 0.1) is 22.7 Å². The fourth-order valence-corrected chi connectivity index (χ4v) is 8.76. The van der Waals surface area contributed by atoms with E-state index in [0.29, 0.717) is 103 Å². The maximum Gasteiger partial charge on any atom is 0.569 e. The predicted molar refractivity (Wildman–Crippen MR) is 340 cm³/mol. The van der Waals surface area contributed by atoms with Gasteiger partial charge >= 0.3 is 32.4 Å². The van der Waals surface area contributed by atoms with Gasteiger partial charge in [-0.3, -0.25) is 0 Å². The molecular weight excluding hydrogens is 1440 g/mol. The highest BCUT2D eigenvalue weighted by atomic mass is 79.9. The van der Waals surface area contributed by atoms with E-state index >= 15 is 0 Å². The number of aliphatic hydroxyl groups is 2. The summed E-state index contributed by atoms with van der Waals surface area (Å²) in [7, 11) is 0.405. The molecule has 96 heavy (non-hydrogen) atoms. The Kier molecular flexibility index (Phi) is 30.0. The fraction of sp³-hybridized carbons (Fsp3) is 0.175. The largest absolute Gasteiger partial charge is 0.569 e. The first-order valence-corrected chi connectivity index (χ1v) is 29.8. The van der Waals surface area contributed by atoms with Crippen molar-refractivity contribution < 1.29 is 72.6 Å². The topological polar surface area (TPSA) is 242 Å². The van der Waals surface area contributed by atoms with E-state index in [1.54, 1.807) is 72.8 Å². The van der Waals surface area contributed by atoms with Crippen molar-refractivity contribution in [2.45, 2.75) is 50.5 Å². The van der Waals surface area contributed by atoms with E-state index in [9.17, 15) is 52.7 Å². The first-order chi connectivity index (χ1) is 45.4. The molecule has 0 atom stereocenters. The summed E-state index contributed by atoms with van der Waals surface area (Å²) in [4.78, 5) is 1.27. The highest BCUT2D eigenvalue weighted by Gasteiger charge is 2.32. The van der Waals surface area contributed by atoms with E-state index in [-0.39, 0.29) is 25.5 Å². The van der Waals surface area contributed by atoms with Gasteiger partial charge in [-0.05, 0) is 197 Å². The van der Waals surface area contributed by atoms with Crippen LogP contribution in [-0.2, 0) is 50.5 Å². The van der Waals surface area contributed by atoms with E-state index in [4.69, 9.17) is 77.9 Å². The SMILES string of the molecule is FC(F)(F)c1ccc(Cc2cc(Cl)ccc2-c2nn[nH]n2)cc1.N#Cc1ccc(Cl)cc1Cc1ccc(C(F)(F)F)cc1.N#Cc1ccc(Cl)cc1N.OCCBr.OCCn1nnc(-c2ccc(Cl)cc2Cc2ccc(C(F)(F)F)cc2)n1.O[B]Oc1ccc(C(F)(F)F)cc1. The normalized spacial score (nSPS) is 11.0. The maximum absolute atomic E-state index is 12.7. The van der Waals surface area contributed by atoms with Gasteiger partial charge in [0, 0.05) is 36.5 Å². The van der Waals surface area contributed by atoms with Crippen LogP contribution in [0.4, 0.5) is 58.4 Å². The molecule has 0 aliphatic rings. The van der Waals surface area contributed by atoms with Gasteiger partial charge < -0.3 is 25.6 Å². The van der Waals surface area contributed by atoms with Crippen molar-refractivity contribution in [1.82, 2.24) is 40.8 Å². The van der Waals surface area contributed by atoms with Crippen LogP contribution in [0.1, 0.15) is 66.8 Å². The zero-order valence-electron chi connectivity index (χ0n) is 49.0.